The molecule has 1 aromatic carbocycles. The first-order valence-corrected chi connectivity index (χ1v) is 7.17. The first-order valence-electron chi connectivity index (χ1n) is 6.79. The molecule has 3 rings (SSSR count). The number of hydrogen-bond donors (Lipinski definition) is 1. The van der Waals surface area contributed by atoms with Crippen LogP contribution in [0.3, 0.4) is 0 Å². The van der Waals surface area contributed by atoms with E-state index in [9.17, 15) is 4.79 Å². The van der Waals surface area contributed by atoms with Gasteiger partial charge in [-0.05, 0) is 30.9 Å². The lowest BCUT2D eigenvalue weighted by Gasteiger charge is -2.13. The zero-order chi connectivity index (χ0) is 15.7. The highest BCUT2D eigenvalue weighted by Crippen LogP contribution is 2.40. The SMILES string of the molecule is COc1cc(-c2cc(C(=O)O)on2)cc(Cl)c1OCC1CC1. The van der Waals surface area contributed by atoms with E-state index in [2.05, 4.69) is 5.16 Å². The van der Waals surface area contributed by atoms with Gasteiger partial charge in [-0.25, -0.2) is 4.79 Å². The van der Waals surface area contributed by atoms with Crippen LogP contribution in [0.5, 0.6) is 11.5 Å². The summed E-state index contributed by atoms with van der Waals surface area (Å²) in [6.45, 7) is 0.614. The van der Waals surface area contributed by atoms with Crippen molar-refractivity contribution < 1.29 is 23.9 Å². The van der Waals surface area contributed by atoms with Gasteiger partial charge in [0.15, 0.2) is 11.5 Å². The number of carbonyl (C=O) groups is 1. The zero-order valence-electron chi connectivity index (χ0n) is 11.8. The Morgan fingerprint density at radius 1 is 1.45 bits per heavy atom. The summed E-state index contributed by atoms with van der Waals surface area (Å²) in [6.07, 6.45) is 2.35. The molecule has 2 aromatic rings. The molecule has 1 N–H and O–H groups in total. The molecule has 1 heterocycles. The summed E-state index contributed by atoms with van der Waals surface area (Å²) in [5, 5.41) is 13.0. The van der Waals surface area contributed by atoms with Gasteiger partial charge in [0.05, 0.1) is 18.7 Å². The number of benzene rings is 1. The Bertz CT molecular complexity index is 708. The Kier molecular flexibility index (Phi) is 3.94. The second kappa shape index (κ2) is 5.88. The maximum absolute atomic E-state index is 10.8. The van der Waals surface area contributed by atoms with Crippen LogP contribution < -0.4 is 9.47 Å². The quantitative estimate of drug-likeness (QED) is 0.876. The van der Waals surface area contributed by atoms with Gasteiger partial charge in [0.1, 0.15) is 5.69 Å². The zero-order valence-corrected chi connectivity index (χ0v) is 12.6. The first kappa shape index (κ1) is 14.7. The molecule has 1 fully saturated rings. The molecule has 1 saturated carbocycles. The van der Waals surface area contributed by atoms with E-state index in [-0.39, 0.29) is 5.76 Å². The van der Waals surface area contributed by atoms with Crippen molar-refractivity contribution in [2.75, 3.05) is 13.7 Å². The van der Waals surface area contributed by atoms with Crippen LogP contribution in [0.15, 0.2) is 22.7 Å². The summed E-state index contributed by atoms with van der Waals surface area (Å²) in [7, 11) is 1.52. The molecule has 1 aliphatic rings. The third kappa shape index (κ3) is 3.01. The normalized spacial score (nSPS) is 13.9. The third-order valence-corrected chi connectivity index (χ3v) is 3.69. The lowest BCUT2D eigenvalue weighted by Crippen LogP contribution is -2.01. The highest BCUT2D eigenvalue weighted by molar-refractivity contribution is 6.32. The number of rotatable bonds is 6. The van der Waals surface area contributed by atoms with Crippen molar-refractivity contribution in [1.29, 1.82) is 0 Å². The summed E-state index contributed by atoms with van der Waals surface area (Å²) in [5.74, 6) is 0.138. The fraction of sp³-hybridized carbons (Fsp3) is 0.333. The Hall–Kier alpha value is -2.21. The lowest BCUT2D eigenvalue weighted by atomic mass is 10.1. The second-order valence-corrected chi connectivity index (χ2v) is 5.53. The van der Waals surface area contributed by atoms with Gasteiger partial charge >= 0.3 is 5.97 Å². The van der Waals surface area contributed by atoms with Gasteiger partial charge in [-0.1, -0.05) is 16.8 Å². The average molecular weight is 324 g/mol. The van der Waals surface area contributed by atoms with Crippen LogP contribution in [0.4, 0.5) is 0 Å². The average Bonchev–Trinajstić information content (AvgIpc) is 3.18. The molecule has 0 saturated heterocycles. The van der Waals surface area contributed by atoms with Crippen LogP contribution in [0.1, 0.15) is 23.4 Å². The van der Waals surface area contributed by atoms with Gasteiger partial charge in [0.2, 0.25) is 5.76 Å². The summed E-state index contributed by atoms with van der Waals surface area (Å²) < 4.78 is 15.8. The first-order chi connectivity index (χ1) is 10.6. The number of nitrogens with zero attached hydrogens (tertiary/aromatic N) is 1. The fourth-order valence-corrected chi connectivity index (χ4v) is 2.27. The minimum Gasteiger partial charge on any atom is -0.493 e. The van der Waals surface area contributed by atoms with E-state index < -0.39 is 5.97 Å². The van der Waals surface area contributed by atoms with E-state index in [4.69, 9.17) is 30.7 Å². The number of ether oxygens (including phenoxy) is 2. The molecule has 7 heteroatoms. The predicted molar refractivity (Wildman–Crippen MR) is 78.7 cm³/mol. The van der Waals surface area contributed by atoms with Crippen LogP contribution in [-0.4, -0.2) is 29.9 Å². The largest absolute Gasteiger partial charge is 0.493 e. The van der Waals surface area contributed by atoms with E-state index in [0.29, 0.717) is 40.3 Å². The molecule has 6 nitrogen and oxygen atoms in total. The lowest BCUT2D eigenvalue weighted by molar-refractivity contribution is 0.0652. The Labute approximate surface area is 131 Å². The van der Waals surface area contributed by atoms with Gasteiger partial charge in [-0.2, -0.15) is 0 Å². The molecule has 116 valence electrons. The van der Waals surface area contributed by atoms with Crippen LogP contribution in [0, 0.1) is 5.92 Å². The minimum atomic E-state index is -1.18. The maximum Gasteiger partial charge on any atom is 0.374 e. The molecule has 0 atom stereocenters. The molecular weight excluding hydrogens is 310 g/mol. The predicted octanol–water partition coefficient (Wildman–Crippen LogP) is 3.49. The van der Waals surface area contributed by atoms with Crippen molar-refractivity contribution in [3.63, 3.8) is 0 Å². The fourth-order valence-electron chi connectivity index (χ4n) is 2.01. The number of carboxylic acids is 1. The van der Waals surface area contributed by atoms with Crippen molar-refractivity contribution in [2.24, 2.45) is 5.92 Å². The monoisotopic (exact) mass is 323 g/mol. The van der Waals surface area contributed by atoms with Crippen molar-refractivity contribution in [1.82, 2.24) is 5.16 Å². The van der Waals surface area contributed by atoms with Crippen molar-refractivity contribution in [3.8, 4) is 22.8 Å². The van der Waals surface area contributed by atoms with Crippen LogP contribution in [0.25, 0.3) is 11.3 Å². The van der Waals surface area contributed by atoms with Gasteiger partial charge in [0, 0.05) is 11.6 Å². The van der Waals surface area contributed by atoms with E-state index >= 15 is 0 Å². The van der Waals surface area contributed by atoms with Gasteiger partial charge in [0.25, 0.3) is 0 Å². The molecule has 0 aliphatic heterocycles. The van der Waals surface area contributed by atoms with Gasteiger partial charge in [-0.3, -0.25) is 0 Å². The number of halogens is 1. The van der Waals surface area contributed by atoms with E-state index in [0.717, 1.165) is 0 Å². The van der Waals surface area contributed by atoms with Crippen molar-refractivity contribution in [3.05, 3.63) is 29.0 Å². The highest BCUT2D eigenvalue weighted by Gasteiger charge is 2.24. The Morgan fingerprint density at radius 3 is 2.82 bits per heavy atom. The molecule has 0 spiro atoms. The summed E-state index contributed by atoms with van der Waals surface area (Å²) in [5.41, 5.74) is 0.961. The molecular formula is C15H14ClNO5. The van der Waals surface area contributed by atoms with Crippen LogP contribution >= 0.6 is 11.6 Å². The topological polar surface area (TPSA) is 81.8 Å². The molecule has 1 aliphatic carbocycles. The molecule has 0 radical (unpaired) electrons. The van der Waals surface area contributed by atoms with Crippen molar-refractivity contribution >= 4 is 17.6 Å². The molecule has 1 aromatic heterocycles. The van der Waals surface area contributed by atoms with Gasteiger partial charge in [-0.15, -0.1) is 0 Å². The van der Waals surface area contributed by atoms with Crippen LogP contribution in [-0.2, 0) is 0 Å². The number of aromatic carboxylic acids is 1. The number of aromatic nitrogens is 1. The van der Waals surface area contributed by atoms with E-state index in [1.807, 2.05) is 0 Å². The van der Waals surface area contributed by atoms with E-state index in [1.54, 1.807) is 12.1 Å². The standard InChI is InChI=1S/C15H14ClNO5/c1-20-12-5-9(11-6-13(15(18)19)22-17-11)4-10(16)14(12)21-7-8-2-3-8/h4-6,8H,2-3,7H2,1H3,(H,18,19). The Morgan fingerprint density at radius 2 is 2.23 bits per heavy atom. The summed E-state index contributed by atoms with van der Waals surface area (Å²) >= 11 is 6.26. The number of methoxy groups -OCH3 is 1. The summed E-state index contributed by atoms with van der Waals surface area (Å²) in [4.78, 5) is 10.8. The number of hydrogen-bond acceptors (Lipinski definition) is 5. The Balaban J connectivity index is 1.91. The molecule has 22 heavy (non-hydrogen) atoms. The third-order valence-electron chi connectivity index (χ3n) is 3.41. The van der Waals surface area contributed by atoms with Crippen LogP contribution in [0.2, 0.25) is 5.02 Å². The van der Waals surface area contributed by atoms with Crippen molar-refractivity contribution in [2.45, 2.75) is 12.8 Å². The second-order valence-electron chi connectivity index (χ2n) is 5.13. The molecule has 0 bridgehead atoms. The van der Waals surface area contributed by atoms with Gasteiger partial charge < -0.3 is 19.1 Å². The smallest absolute Gasteiger partial charge is 0.374 e. The number of carboxylic acid groups (broad SMARTS) is 1. The maximum atomic E-state index is 10.8. The molecule has 0 amide bonds. The highest BCUT2D eigenvalue weighted by atomic mass is 35.5. The molecule has 0 unspecified atom stereocenters. The summed E-state index contributed by atoms with van der Waals surface area (Å²) in [6, 6.07) is 4.67. The van der Waals surface area contributed by atoms with E-state index in [1.165, 1.54) is 26.0 Å². The minimum absolute atomic E-state index is 0.237.